The first-order valence-corrected chi connectivity index (χ1v) is 5.88. The van der Waals surface area contributed by atoms with Crippen molar-refractivity contribution in [2.24, 2.45) is 0 Å². The average molecular weight is 222 g/mol. The van der Waals surface area contributed by atoms with Crippen LogP contribution in [0.3, 0.4) is 0 Å². The van der Waals surface area contributed by atoms with Gasteiger partial charge in [-0.2, -0.15) is 5.10 Å². The number of nitrogens with one attached hydrogen (secondary N) is 1. The Kier molecular flexibility index (Phi) is 2.99. The quantitative estimate of drug-likeness (QED) is 0.804. The molecule has 0 spiro atoms. The largest absolute Gasteiger partial charge is 0.481 e. The molecule has 0 atom stereocenters. The van der Waals surface area contributed by atoms with E-state index in [-0.39, 0.29) is 6.42 Å². The number of aromatic nitrogens is 2. The van der Waals surface area contributed by atoms with Crippen LogP contribution in [0.2, 0.25) is 0 Å². The van der Waals surface area contributed by atoms with Crippen molar-refractivity contribution in [3.63, 3.8) is 0 Å². The molecular formula is C12H18N2O2. The van der Waals surface area contributed by atoms with Crippen LogP contribution < -0.4 is 0 Å². The molecule has 0 radical (unpaired) electrons. The monoisotopic (exact) mass is 222 g/mol. The molecule has 0 bridgehead atoms. The summed E-state index contributed by atoms with van der Waals surface area (Å²) in [6, 6.07) is 0. The van der Waals surface area contributed by atoms with E-state index in [1.165, 1.54) is 18.5 Å². The second-order valence-electron chi connectivity index (χ2n) is 4.82. The summed E-state index contributed by atoms with van der Waals surface area (Å²) in [6.07, 6.45) is 3.21. The summed E-state index contributed by atoms with van der Waals surface area (Å²) >= 11 is 0. The van der Waals surface area contributed by atoms with Gasteiger partial charge in [-0.3, -0.25) is 9.89 Å². The molecule has 0 unspecified atom stereocenters. The smallest absolute Gasteiger partial charge is 0.303 e. The minimum absolute atomic E-state index is 0.193. The van der Waals surface area contributed by atoms with E-state index >= 15 is 0 Å². The first kappa shape index (κ1) is 11.2. The number of rotatable bonds is 5. The number of aromatic amines is 1. The summed E-state index contributed by atoms with van der Waals surface area (Å²) in [4.78, 5) is 10.6. The topological polar surface area (TPSA) is 66.0 Å². The van der Waals surface area contributed by atoms with Gasteiger partial charge < -0.3 is 5.11 Å². The maximum Gasteiger partial charge on any atom is 0.303 e. The van der Waals surface area contributed by atoms with E-state index in [1.807, 2.05) is 0 Å². The van der Waals surface area contributed by atoms with Gasteiger partial charge in [0.05, 0.1) is 5.69 Å². The highest BCUT2D eigenvalue weighted by atomic mass is 16.4. The molecule has 2 rings (SSSR count). The SMILES string of the molecule is CC(C)c1n[nH]c(C2CC2)c1CCC(=O)O. The van der Waals surface area contributed by atoms with Gasteiger partial charge in [0, 0.05) is 18.0 Å². The minimum atomic E-state index is -0.738. The van der Waals surface area contributed by atoms with Crippen molar-refractivity contribution in [3.8, 4) is 0 Å². The van der Waals surface area contributed by atoms with Gasteiger partial charge in [0.25, 0.3) is 0 Å². The van der Waals surface area contributed by atoms with E-state index in [0.717, 1.165) is 11.3 Å². The summed E-state index contributed by atoms with van der Waals surface area (Å²) < 4.78 is 0. The molecule has 1 aromatic heterocycles. The summed E-state index contributed by atoms with van der Waals surface area (Å²) in [5.74, 6) is 0.217. The molecule has 4 nitrogen and oxygen atoms in total. The Bertz CT molecular complexity index is 372. The third-order valence-corrected chi connectivity index (χ3v) is 3.05. The number of hydrogen-bond acceptors (Lipinski definition) is 2. The molecule has 1 aliphatic rings. The zero-order valence-electron chi connectivity index (χ0n) is 9.79. The van der Waals surface area contributed by atoms with Crippen LogP contribution in [0.5, 0.6) is 0 Å². The summed E-state index contributed by atoms with van der Waals surface area (Å²) in [5, 5.41) is 16.2. The van der Waals surface area contributed by atoms with Gasteiger partial charge in [-0.15, -0.1) is 0 Å². The van der Waals surface area contributed by atoms with Crippen LogP contribution in [-0.2, 0) is 11.2 Å². The fourth-order valence-electron chi connectivity index (χ4n) is 2.08. The number of carbonyl (C=O) groups is 1. The highest BCUT2D eigenvalue weighted by Crippen LogP contribution is 2.42. The first-order valence-electron chi connectivity index (χ1n) is 5.88. The lowest BCUT2D eigenvalue weighted by Crippen LogP contribution is -2.02. The fourth-order valence-corrected chi connectivity index (χ4v) is 2.08. The van der Waals surface area contributed by atoms with Crippen LogP contribution in [0.1, 0.15) is 61.9 Å². The van der Waals surface area contributed by atoms with E-state index in [0.29, 0.717) is 18.3 Å². The molecule has 1 aromatic rings. The van der Waals surface area contributed by atoms with Crippen LogP contribution in [0, 0.1) is 0 Å². The molecule has 0 amide bonds. The zero-order chi connectivity index (χ0) is 11.7. The number of carboxylic acids is 1. The Morgan fingerprint density at radius 1 is 1.56 bits per heavy atom. The molecule has 1 heterocycles. The Labute approximate surface area is 95.1 Å². The van der Waals surface area contributed by atoms with Gasteiger partial charge in [-0.25, -0.2) is 0 Å². The molecule has 0 aromatic carbocycles. The molecule has 2 N–H and O–H groups in total. The Morgan fingerprint density at radius 3 is 2.75 bits per heavy atom. The van der Waals surface area contributed by atoms with Crippen LogP contribution in [0.4, 0.5) is 0 Å². The normalized spacial score (nSPS) is 15.7. The Hall–Kier alpha value is -1.32. The number of aliphatic carboxylic acids is 1. The van der Waals surface area contributed by atoms with Crippen molar-refractivity contribution in [2.45, 2.75) is 51.4 Å². The van der Waals surface area contributed by atoms with E-state index in [4.69, 9.17) is 5.11 Å². The van der Waals surface area contributed by atoms with Gasteiger partial charge in [0.2, 0.25) is 0 Å². The molecular weight excluding hydrogens is 204 g/mol. The zero-order valence-corrected chi connectivity index (χ0v) is 9.79. The molecule has 1 saturated carbocycles. The predicted molar refractivity (Wildman–Crippen MR) is 60.6 cm³/mol. The van der Waals surface area contributed by atoms with Crippen molar-refractivity contribution in [2.75, 3.05) is 0 Å². The lowest BCUT2D eigenvalue weighted by Gasteiger charge is -2.06. The van der Waals surface area contributed by atoms with Crippen molar-refractivity contribution >= 4 is 5.97 Å². The van der Waals surface area contributed by atoms with E-state index < -0.39 is 5.97 Å². The van der Waals surface area contributed by atoms with Crippen molar-refractivity contribution in [1.29, 1.82) is 0 Å². The first-order chi connectivity index (χ1) is 7.59. The number of nitrogens with zero attached hydrogens (tertiary/aromatic N) is 1. The molecule has 16 heavy (non-hydrogen) atoms. The van der Waals surface area contributed by atoms with E-state index in [1.54, 1.807) is 0 Å². The lowest BCUT2D eigenvalue weighted by molar-refractivity contribution is -0.136. The lowest BCUT2D eigenvalue weighted by atomic mass is 9.98. The van der Waals surface area contributed by atoms with Crippen LogP contribution in [0.25, 0.3) is 0 Å². The number of H-pyrrole nitrogens is 1. The molecule has 0 saturated heterocycles. The predicted octanol–water partition coefficient (Wildman–Crippen LogP) is 2.43. The summed E-state index contributed by atoms with van der Waals surface area (Å²) in [6.45, 7) is 4.19. The molecule has 1 aliphatic carbocycles. The van der Waals surface area contributed by atoms with E-state index in [2.05, 4.69) is 24.0 Å². The minimum Gasteiger partial charge on any atom is -0.481 e. The highest BCUT2D eigenvalue weighted by Gasteiger charge is 2.30. The van der Waals surface area contributed by atoms with Gasteiger partial charge in [0.15, 0.2) is 0 Å². The summed E-state index contributed by atoms with van der Waals surface area (Å²) in [5.41, 5.74) is 3.38. The Balaban J connectivity index is 2.22. The van der Waals surface area contributed by atoms with Gasteiger partial charge in [0.1, 0.15) is 0 Å². The van der Waals surface area contributed by atoms with Crippen molar-refractivity contribution in [1.82, 2.24) is 10.2 Å². The molecule has 88 valence electrons. The maximum atomic E-state index is 10.6. The standard InChI is InChI=1S/C12H18N2O2/c1-7(2)11-9(5-6-10(15)16)12(14-13-11)8-3-4-8/h7-8H,3-6H2,1-2H3,(H,13,14)(H,15,16). The van der Waals surface area contributed by atoms with Gasteiger partial charge >= 0.3 is 5.97 Å². The fraction of sp³-hybridized carbons (Fsp3) is 0.667. The molecule has 0 aliphatic heterocycles. The van der Waals surface area contributed by atoms with Crippen LogP contribution in [-0.4, -0.2) is 21.3 Å². The highest BCUT2D eigenvalue weighted by molar-refractivity contribution is 5.67. The maximum absolute atomic E-state index is 10.6. The van der Waals surface area contributed by atoms with E-state index in [9.17, 15) is 4.79 Å². The third-order valence-electron chi connectivity index (χ3n) is 3.05. The second-order valence-corrected chi connectivity index (χ2v) is 4.82. The average Bonchev–Trinajstić information content (AvgIpc) is 2.95. The third kappa shape index (κ3) is 2.26. The summed E-state index contributed by atoms with van der Waals surface area (Å²) in [7, 11) is 0. The van der Waals surface area contributed by atoms with Crippen molar-refractivity contribution in [3.05, 3.63) is 17.0 Å². The van der Waals surface area contributed by atoms with Crippen molar-refractivity contribution < 1.29 is 9.90 Å². The second kappa shape index (κ2) is 4.28. The molecule has 1 fully saturated rings. The Morgan fingerprint density at radius 2 is 2.25 bits per heavy atom. The number of hydrogen-bond donors (Lipinski definition) is 2. The van der Waals surface area contributed by atoms with Crippen LogP contribution >= 0.6 is 0 Å². The van der Waals surface area contributed by atoms with Crippen LogP contribution in [0.15, 0.2) is 0 Å². The van der Waals surface area contributed by atoms with Gasteiger partial charge in [-0.05, 0) is 30.7 Å². The molecule has 4 heteroatoms. The number of carboxylic acid groups (broad SMARTS) is 1. The van der Waals surface area contributed by atoms with Gasteiger partial charge in [-0.1, -0.05) is 13.8 Å².